The Bertz CT molecular complexity index is 805. The Hall–Kier alpha value is -3.23. The highest BCUT2D eigenvalue weighted by Crippen LogP contribution is 2.26. The molecule has 0 aliphatic carbocycles. The van der Waals surface area contributed by atoms with Crippen molar-refractivity contribution in [2.75, 3.05) is 7.05 Å². The number of hydrogen-bond acceptors (Lipinski definition) is 3. The zero-order chi connectivity index (χ0) is 19.9. The van der Waals surface area contributed by atoms with Crippen LogP contribution in [0.2, 0.25) is 0 Å². The minimum Gasteiger partial charge on any atom is -0.405 e. The Labute approximate surface area is 154 Å². The van der Waals surface area contributed by atoms with Crippen molar-refractivity contribution < 1.29 is 22.7 Å². The predicted molar refractivity (Wildman–Crippen MR) is 95.1 cm³/mol. The molecule has 27 heavy (non-hydrogen) atoms. The van der Waals surface area contributed by atoms with Crippen LogP contribution in [0.4, 0.5) is 13.2 Å². The van der Waals surface area contributed by atoms with Gasteiger partial charge in [-0.2, -0.15) is 0 Å². The molecule has 0 aliphatic heterocycles. The van der Waals surface area contributed by atoms with Crippen LogP contribution in [0.1, 0.15) is 21.5 Å². The molecule has 0 aliphatic rings. The second-order valence-corrected chi connectivity index (χ2v) is 5.50. The van der Waals surface area contributed by atoms with Crippen molar-refractivity contribution in [1.29, 1.82) is 0 Å². The van der Waals surface area contributed by atoms with Crippen molar-refractivity contribution in [3.05, 3.63) is 65.2 Å². The molecule has 4 N–H and O–H groups in total. The van der Waals surface area contributed by atoms with Crippen molar-refractivity contribution in [3.63, 3.8) is 0 Å². The van der Waals surface area contributed by atoms with Crippen LogP contribution in [-0.4, -0.2) is 25.3 Å². The lowest BCUT2D eigenvalue weighted by Crippen LogP contribution is -2.36. The number of carbonyl (C=O) groups is 1. The summed E-state index contributed by atoms with van der Waals surface area (Å²) in [6.07, 6.45) is -4.76. The molecule has 0 radical (unpaired) electrons. The number of alkyl halides is 3. The van der Waals surface area contributed by atoms with Crippen LogP contribution in [-0.2, 0) is 13.1 Å². The van der Waals surface area contributed by atoms with Crippen LogP contribution in [0.3, 0.4) is 0 Å². The lowest BCUT2D eigenvalue weighted by molar-refractivity contribution is -0.274. The van der Waals surface area contributed by atoms with Gasteiger partial charge in [0.25, 0.3) is 0 Å². The first-order valence-corrected chi connectivity index (χ1v) is 7.95. The molecule has 2 aromatic rings. The number of rotatable bonds is 6. The van der Waals surface area contributed by atoms with Gasteiger partial charge in [0.1, 0.15) is 5.75 Å². The van der Waals surface area contributed by atoms with Gasteiger partial charge in [0.15, 0.2) is 5.96 Å². The summed E-state index contributed by atoms with van der Waals surface area (Å²) in [6.45, 7) is 0.492. The number of aliphatic imine (C=N–C) groups is 1. The van der Waals surface area contributed by atoms with Gasteiger partial charge in [-0.1, -0.05) is 30.3 Å². The summed E-state index contributed by atoms with van der Waals surface area (Å²) in [4.78, 5) is 15.1. The standard InChI is InChI=1S/C18H19F3N4O2/c1-23-17(24-10-12-6-8-13(9-7-12)16(22)26)25-11-14-4-2-3-5-15(14)27-18(19,20)21/h2-9H,10-11H2,1H3,(H2,22,26)(H2,23,24,25). The Morgan fingerprint density at radius 1 is 1.07 bits per heavy atom. The monoisotopic (exact) mass is 380 g/mol. The third kappa shape index (κ3) is 6.53. The lowest BCUT2D eigenvalue weighted by Gasteiger charge is -2.15. The quantitative estimate of drug-likeness (QED) is 0.531. The maximum Gasteiger partial charge on any atom is 0.573 e. The summed E-state index contributed by atoms with van der Waals surface area (Å²) in [5.74, 6) is -0.377. The van der Waals surface area contributed by atoms with E-state index >= 15 is 0 Å². The molecule has 6 nitrogen and oxygen atoms in total. The number of hydrogen-bond donors (Lipinski definition) is 3. The topological polar surface area (TPSA) is 88.7 Å². The highest BCUT2D eigenvalue weighted by molar-refractivity contribution is 5.92. The van der Waals surface area contributed by atoms with Gasteiger partial charge in [0, 0.05) is 31.3 Å². The largest absolute Gasteiger partial charge is 0.573 e. The number of guanidine groups is 1. The first kappa shape index (κ1) is 20.1. The molecule has 0 fully saturated rings. The van der Waals surface area contributed by atoms with Crippen LogP contribution < -0.4 is 21.1 Å². The third-order valence-electron chi connectivity index (χ3n) is 3.57. The molecule has 0 atom stereocenters. The number of nitrogens with one attached hydrogen (secondary N) is 2. The van der Waals surface area contributed by atoms with Gasteiger partial charge in [-0.25, -0.2) is 0 Å². The van der Waals surface area contributed by atoms with Crippen LogP contribution >= 0.6 is 0 Å². The summed E-state index contributed by atoms with van der Waals surface area (Å²) in [7, 11) is 1.55. The van der Waals surface area contributed by atoms with Crippen molar-refractivity contribution in [2.45, 2.75) is 19.5 Å². The fraction of sp³-hybridized carbons (Fsp3) is 0.222. The van der Waals surface area contributed by atoms with Gasteiger partial charge in [0.05, 0.1) is 0 Å². The number of primary amides is 1. The second-order valence-electron chi connectivity index (χ2n) is 5.50. The number of amides is 1. The average molecular weight is 380 g/mol. The smallest absolute Gasteiger partial charge is 0.405 e. The predicted octanol–water partition coefficient (Wildman–Crippen LogP) is 2.55. The summed E-state index contributed by atoms with van der Waals surface area (Å²) in [5.41, 5.74) is 6.81. The molecule has 144 valence electrons. The van der Waals surface area contributed by atoms with Crippen molar-refractivity contribution in [2.24, 2.45) is 10.7 Å². The SMILES string of the molecule is CN=C(NCc1ccc(C(N)=O)cc1)NCc1ccccc1OC(F)(F)F. The average Bonchev–Trinajstić information content (AvgIpc) is 2.62. The Morgan fingerprint density at radius 2 is 1.70 bits per heavy atom. The van der Waals surface area contributed by atoms with Gasteiger partial charge in [0.2, 0.25) is 5.91 Å². The maximum atomic E-state index is 12.5. The summed E-state index contributed by atoms with van der Waals surface area (Å²) in [5, 5.41) is 5.96. The molecule has 0 bridgehead atoms. The number of halogens is 3. The van der Waals surface area contributed by atoms with Gasteiger partial charge in [-0.15, -0.1) is 13.2 Å². The van der Waals surface area contributed by atoms with Crippen molar-refractivity contribution in [3.8, 4) is 5.75 Å². The number of ether oxygens (including phenoxy) is 1. The van der Waals surface area contributed by atoms with Crippen LogP contribution in [0, 0.1) is 0 Å². The summed E-state index contributed by atoms with van der Waals surface area (Å²) in [6, 6.07) is 12.6. The first-order valence-electron chi connectivity index (χ1n) is 7.95. The highest BCUT2D eigenvalue weighted by Gasteiger charge is 2.31. The molecular weight excluding hydrogens is 361 g/mol. The molecule has 0 unspecified atom stereocenters. The van der Waals surface area contributed by atoms with E-state index < -0.39 is 12.3 Å². The lowest BCUT2D eigenvalue weighted by atomic mass is 10.1. The second kappa shape index (κ2) is 8.93. The molecule has 2 aromatic carbocycles. The molecule has 0 spiro atoms. The molecule has 0 saturated carbocycles. The number of nitrogens with two attached hydrogens (primary N) is 1. The van der Waals surface area contributed by atoms with Gasteiger partial charge in [-0.05, 0) is 23.8 Å². The number of carbonyl (C=O) groups excluding carboxylic acids is 1. The minimum atomic E-state index is -4.76. The summed E-state index contributed by atoms with van der Waals surface area (Å²) < 4.78 is 41.4. The van der Waals surface area contributed by atoms with E-state index in [0.717, 1.165) is 5.56 Å². The van der Waals surface area contributed by atoms with Gasteiger partial charge in [-0.3, -0.25) is 9.79 Å². The van der Waals surface area contributed by atoms with Gasteiger partial charge >= 0.3 is 6.36 Å². The first-order chi connectivity index (χ1) is 12.8. The molecule has 2 rings (SSSR count). The normalized spacial score (nSPS) is 11.8. The van der Waals surface area contributed by atoms with E-state index in [9.17, 15) is 18.0 Å². The van der Waals surface area contributed by atoms with E-state index in [4.69, 9.17) is 5.73 Å². The van der Waals surface area contributed by atoms with Crippen molar-refractivity contribution in [1.82, 2.24) is 10.6 Å². The van der Waals surface area contributed by atoms with E-state index in [2.05, 4.69) is 20.4 Å². The van der Waals surface area contributed by atoms with Gasteiger partial charge < -0.3 is 21.1 Å². The van der Waals surface area contributed by atoms with E-state index in [-0.39, 0.29) is 12.3 Å². The number of nitrogens with zero attached hydrogens (tertiary/aromatic N) is 1. The summed E-state index contributed by atoms with van der Waals surface area (Å²) >= 11 is 0. The Balaban J connectivity index is 1.93. The molecular formula is C18H19F3N4O2. The third-order valence-corrected chi connectivity index (χ3v) is 3.57. The van der Waals surface area contributed by atoms with E-state index in [0.29, 0.717) is 23.6 Å². The molecule has 0 saturated heterocycles. The fourth-order valence-electron chi connectivity index (χ4n) is 2.25. The molecule has 9 heteroatoms. The Morgan fingerprint density at radius 3 is 2.30 bits per heavy atom. The fourth-order valence-corrected chi connectivity index (χ4v) is 2.25. The maximum absolute atomic E-state index is 12.5. The number of benzene rings is 2. The Kier molecular flexibility index (Phi) is 6.64. The van der Waals surface area contributed by atoms with Crippen LogP contribution in [0.5, 0.6) is 5.75 Å². The molecule has 0 aromatic heterocycles. The zero-order valence-electron chi connectivity index (χ0n) is 14.5. The van der Waals surface area contributed by atoms with E-state index in [1.165, 1.54) is 18.2 Å². The zero-order valence-corrected chi connectivity index (χ0v) is 14.5. The molecule has 1 amide bonds. The van der Waals surface area contributed by atoms with Crippen LogP contribution in [0.25, 0.3) is 0 Å². The number of para-hydroxylation sites is 1. The van der Waals surface area contributed by atoms with E-state index in [1.807, 2.05) is 0 Å². The van der Waals surface area contributed by atoms with Crippen molar-refractivity contribution >= 4 is 11.9 Å². The molecule has 0 heterocycles. The van der Waals surface area contributed by atoms with Crippen LogP contribution in [0.15, 0.2) is 53.5 Å². The van der Waals surface area contributed by atoms with E-state index in [1.54, 1.807) is 37.4 Å². The minimum absolute atomic E-state index is 0.0898. The highest BCUT2D eigenvalue weighted by atomic mass is 19.4.